The van der Waals surface area contributed by atoms with E-state index in [4.69, 9.17) is 9.47 Å². The topological polar surface area (TPSA) is 47.1 Å². The van der Waals surface area contributed by atoms with Crippen molar-refractivity contribution in [3.05, 3.63) is 42.5 Å². The Morgan fingerprint density at radius 1 is 1.08 bits per heavy atom. The third kappa shape index (κ3) is 4.18. The highest BCUT2D eigenvalue weighted by molar-refractivity contribution is 5.79. The van der Waals surface area contributed by atoms with Crippen molar-refractivity contribution >= 4 is 11.0 Å². The van der Waals surface area contributed by atoms with E-state index >= 15 is 0 Å². The van der Waals surface area contributed by atoms with E-state index in [2.05, 4.69) is 23.8 Å². The quantitative estimate of drug-likeness (QED) is 0.527. The summed E-state index contributed by atoms with van der Waals surface area (Å²) in [7, 11) is 1.68. The van der Waals surface area contributed by atoms with Gasteiger partial charge in [-0.05, 0) is 42.7 Å². The van der Waals surface area contributed by atoms with Gasteiger partial charge >= 0.3 is 0 Å². The number of nitrogens with zero attached hydrogens (tertiary/aromatic N) is 1. The SMILES string of the molecule is CCCCC(CC)COc1ccc(-c2nc3ccccc3[nH]2)cc1OC. The Morgan fingerprint density at radius 3 is 2.65 bits per heavy atom. The molecule has 0 bridgehead atoms. The number of H-pyrrole nitrogens is 1. The summed E-state index contributed by atoms with van der Waals surface area (Å²) in [5.74, 6) is 2.97. The molecular weight excluding hydrogens is 324 g/mol. The molecule has 1 atom stereocenters. The number of ether oxygens (including phenoxy) is 2. The molecule has 3 rings (SSSR count). The first kappa shape index (κ1) is 18.3. The number of para-hydroxylation sites is 2. The van der Waals surface area contributed by atoms with E-state index in [0.717, 1.165) is 46.9 Å². The van der Waals surface area contributed by atoms with Crippen LogP contribution in [0, 0.1) is 5.92 Å². The molecule has 3 aromatic rings. The Balaban J connectivity index is 1.77. The van der Waals surface area contributed by atoms with Gasteiger partial charge in [0.25, 0.3) is 0 Å². The number of aromatic amines is 1. The van der Waals surface area contributed by atoms with Crippen LogP contribution in [0.5, 0.6) is 11.5 Å². The molecule has 0 saturated heterocycles. The number of unbranched alkanes of at least 4 members (excludes halogenated alkanes) is 1. The van der Waals surface area contributed by atoms with Crippen LogP contribution in [-0.4, -0.2) is 23.7 Å². The lowest BCUT2D eigenvalue weighted by Crippen LogP contribution is -2.11. The van der Waals surface area contributed by atoms with Crippen molar-refractivity contribution in [3.63, 3.8) is 0 Å². The van der Waals surface area contributed by atoms with Crippen LogP contribution in [0.4, 0.5) is 0 Å². The van der Waals surface area contributed by atoms with Crippen LogP contribution in [0.2, 0.25) is 0 Å². The van der Waals surface area contributed by atoms with Gasteiger partial charge in [-0.3, -0.25) is 0 Å². The third-order valence-corrected chi connectivity index (χ3v) is 4.84. The number of rotatable bonds is 9. The summed E-state index contributed by atoms with van der Waals surface area (Å²) in [4.78, 5) is 8.02. The van der Waals surface area contributed by atoms with Crippen LogP contribution in [0.3, 0.4) is 0 Å². The summed E-state index contributed by atoms with van der Waals surface area (Å²) in [6, 6.07) is 14.0. The van der Waals surface area contributed by atoms with Gasteiger partial charge in [0.2, 0.25) is 0 Å². The molecule has 0 saturated carbocycles. The molecule has 0 aliphatic carbocycles. The van der Waals surface area contributed by atoms with Crippen molar-refractivity contribution in [2.45, 2.75) is 39.5 Å². The van der Waals surface area contributed by atoms with Crippen LogP contribution >= 0.6 is 0 Å². The van der Waals surface area contributed by atoms with Crippen LogP contribution in [0.15, 0.2) is 42.5 Å². The Labute approximate surface area is 155 Å². The number of fused-ring (bicyclic) bond motifs is 1. The summed E-state index contributed by atoms with van der Waals surface area (Å²) < 4.78 is 11.6. The Kier molecular flexibility index (Phi) is 6.16. The minimum absolute atomic E-state index is 0.592. The van der Waals surface area contributed by atoms with E-state index in [-0.39, 0.29) is 0 Å². The predicted octanol–water partition coefficient (Wildman–Crippen LogP) is 5.83. The van der Waals surface area contributed by atoms with Gasteiger partial charge in [0.05, 0.1) is 24.8 Å². The first-order valence-electron chi connectivity index (χ1n) is 9.51. The average molecular weight is 352 g/mol. The fraction of sp³-hybridized carbons (Fsp3) is 0.409. The molecule has 138 valence electrons. The number of methoxy groups -OCH3 is 1. The number of imidazole rings is 1. The normalized spacial score (nSPS) is 12.3. The number of hydrogen-bond donors (Lipinski definition) is 1. The molecule has 0 spiro atoms. The lowest BCUT2D eigenvalue weighted by Gasteiger charge is -2.17. The first-order chi connectivity index (χ1) is 12.7. The molecule has 1 N–H and O–H groups in total. The first-order valence-corrected chi connectivity index (χ1v) is 9.51. The minimum atomic E-state index is 0.592. The smallest absolute Gasteiger partial charge is 0.161 e. The summed E-state index contributed by atoms with van der Waals surface area (Å²) in [5.41, 5.74) is 2.98. The van der Waals surface area contributed by atoms with E-state index in [9.17, 15) is 0 Å². The number of aromatic nitrogens is 2. The van der Waals surface area contributed by atoms with Gasteiger partial charge in [0, 0.05) is 5.56 Å². The summed E-state index contributed by atoms with van der Waals surface area (Å²) >= 11 is 0. The lowest BCUT2D eigenvalue weighted by molar-refractivity contribution is 0.224. The van der Waals surface area contributed by atoms with Crippen molar-refractivity contribution in [3.8, 4) is 22.9 Å². The summed E-state index contributed by atoms with van der Waals surface area (Å²) in [6.45, 7) is 5.19. The van der Waals surface area contributed by atoms with Gasteiger partial charge in [-0.25, -0.2) is 4.98 Å². The Morgan fingerprint density at radius 2 is 1.92 bits per heavy atom. The number of nitrogens with one attached hydrogen (secondary N) is 1. The maximum atomic E-state index is 6.07. The molecule has 0 aliphatic rings. The Bertz CT molecular complexity index is 808. The van der Waals surface area contributed by atoms with Gasteiger partial charge in [-0.2, -0.15) is 0 Å². The largest absolute Gasteiger partial charge is 0.493 e. The van der Waals surface area contributed by atoms with Gasteiger partial charge in [-0.15, -0.1) is 0 Å². The zero-order valence-electron chi connectivity index (χ0n) is 15.9. The van der Waals surface area contributed by atoms with Gasteiger partial charge < -0.3 is 14.5 Å². The van der Waals surface area contributed by atoms with Gasteiger partial charge in [0.1, 0.15) is 5.82 Å². The maximum absolute atomic E-state index is 6.07. The fourth-order valence-electron chi connectivity index (χ4n) is 3.13. The molecule has 0 amide bonds. The predicted molar refractivity (Wildman–Crippen MR) is 107 cm³/mol. The molecule has 0 radical (unpaired) electrons. The molecule has 0 aliphatic heterocycles. The zero-order valence-corrected chi connectivity index (χ0v) is 15.9. The van der Waals surface area contributed by atoms with Crippen molar-refractivity contribution in [2.24, 2.45) is 5.92 Å². The highest BCUT2D eigenvalue weighted by atomic mass is 16.5. The average Bonchev–Trinajstić information content (AvgIpc) is 3.12. The zero-order chi connectivity index (χ0) is 18.4. The molecule has 26 heavy (non-hydrogen) atoms. The number of hydrogen-bond acceptors (Lipinski definition) is 3. The van der Waals surface area contributed by atoms with Crippen molar-refractivity contribution < 1.29 is 9.47 Å². The van der Waals surface area contributed by atoms with Crippen LogP contribution in [0.25, 0.3) is 22.4 Å². The van der Waals surface area contributed by atoms with Gasteiger partial charge in [-0.1, -0.05) is 45.2 Å². The van der Waals surface area contributed by atoms with Crippen molar-refractivity contribution in [1.29, 1.82) is 0 Å². The summed E-state index contributed by atoms with van der Waals surface area (Å²) in [5, 5.41) is 0. The van der Waals surface area contributed by atoms with Crippen LogP contribution in [0.1, 0.15) is 39.5 Å². The standard InChI is InChI=1S/C22H28N2O2/c1-4-6-9-16(5-2)15-26-20-13-12-17(14-21(20)25-3)22-23-18-10-7-8-11-19(18)24-22/h7-8,10-14,16H,4-6,9,15H2,1-3H3,(H,23,24). The number of benzene rings is 2. The van der Waals surface area contributed by atoms with E-state index in [1.807, 2.05) is 42.5 Å². The molecule has 4 heteroatoms. The fourth-order valence-corrected chi connectivity index (χ4v) is 3.13. The highest BCUT2D eigenvalue weighted by Gasteiger charge is 2.12. The second-order valence-electron chi connectivity index (χ2n) is 6.70. The molecule has 2 aromatic carbocycles. The summed E-state index contributed by atoms with van der Waals surface area (Å²) in [6.07, 6.45) is 4.84. The third-order valence-electron chi connectivity index (χ3n) is 4.84. The molecule has 4 nitrogen and oxygen atoms in total. The van der Waals surface area contributed by atoms with E-state index in [0.29, 0.717) is 5.92 Å². The van der Waals surface area contributed by atoms with Crippen LogP contribution in [-0.2, 0) is 0 Å². The maximum Gasteiger partial charge on any atom is 0.161 e. The second kappa shape index (κ2) is 8.75. The van der Waals surface area contributed by atoms with E-state index < -0.39 is 0 Å². The van der Waals surface area contributed by atoms with Crippen molar-refractivity contribution in [1.82, 2.24) is 9.97 Å². The molecule has 1 unspecified atom stereocenters. The molecule has 1 heterocycles. The Hall–Kier alpha value is -2.49. The second-order valence-corrected chi connectivity index (χ2v) is 6.70. The van der Waals surface area contributed by atoms with Crippen molar-refractivity contribution in [2.75, 3.05) is 13.7 Å². The van der Waals surface area contributed by atoms with Crippen LogP contribution < -0.4 is 9.47 Å². The molecular formula is C22H28N2O2. The van der Waals surface area contributed by atoms with E-state index in [1.165, 1.54) is 19.3 Å². The molecule has 1 aromatic heterocycles. The van der Waals surface area contributed by atoms with Gasteiger partial charge in [0.15, 0.2) is 11.5 Å². The monoisotopic (exact) mass is 352 g/mol. The lowest BCUT2D eigenvalue weighted by atomic mass is 10.0. The van der Waals surface area contributed by atoms with E-state index in [1.54, 1.807) is 7.11 Å². The molecule has 0 fully saturated rings. The highest BCUT2D eigenvalue weighted by Crippen LogP contribution is 2.33. The minimum Gasteiger partial charge on any atom is -0.493 e.